The predicted octanol–water partition coefficient (Wildman–Crippen LogP) is 2.57. The number of hydrogen-bond acceptors (Lipinski definition) is 7. The maximum atomic E-state index is 12.8. The van der Waals surface area contributed by atoms with Gasteiger partial charge in [-0.25, -0.2) is 9.59 Å². The molecule has 1 amide bonds. The molecule has 2 aromatic carbocycles. The maximum absolute atomic E-state index is 12.8. The highest BCUT2D eigenvalue weighted by molar-refractivity contribution is 5.95. The van der Waals surface area contributed by atoms with E-state index in [9.17, 15) is 32.7 Å². The van der Waals surface area contributed by atoms with E-state index in [1.807, 2.05) is 0 Å². The quantitative estimate of drug-likeness (QED) is 0.459. The molecule has 0 spiro atoms. The Bertz CT molecular complexity index is 1010. The molecule has 0 aromatic heterocycles. The van der Waals surface area contributed by atoms with E-state index in [-0.39, 0.29) is 23.4 Å². The van der Waals surface area contributed by atoms with Gasteiger partial charge in [0.05, 0.1) is 6.04 Å². The van der Waals surface area contributed by atoms with Gasteiger partial charge in [-0.2, -0.15) is 13.2 Å². The third kappa shape index (κ3) is 6.45. The van der Waals surface area contributed by atoms with Crippen molar-refractivity contribution < 1.29 is 42.1 Å². The van der Waals surface area contributed by atoms with Gasteiger partial charge in [0.1, 0.15) is 23.2 Å². The minimum atomic E-state index is -5.23. The van der Waals surface area contributed by atoms with Crippen molar-refractivity contribution in [2.45, 2.75) is 31.2 Å². The first-order valence-corrected chi connectivity index (χ1v) is 10.0. The normalized spacial score (nSPS) is 18.6. The average Bonchev–Trinajstić information content (AvgIpc) is 2.98. The number of para-hydroxylation sites is 1. The second kappa shape index (κ2) is 10.3. The van der Waals surface area contributed by atoms with Gasteiger partial charge >= 0.3 is 18.1 Å². The standard InChI is InChI=1S/C22H21F3N2O6/c23-22(24,25)21(31)33-17-5-2-1-4-15(17)20(30)32-18-6-3-11-26-12-16(18)27-19(29)13-7-9-14(28)10-8-13/h1-2,4-5,7-10,16,18,26,28H,3,6,11-12H2,(H,27,29)/t16-,18-/m1/s1. The minimum Gasteiger partial charge on any atom is -0.508 e. The van der Waals surface area contributed by atoms with Crippen molar-refractivity contribution in [3.8, 4) is 11.5 Å². The number of phenolic OH excluding ortho intramolecular Hbond substituents is 1. The molecule has 33 heavy (non-hydrogen) atoms. The Morgan fingerprint density at radius 1 is 1.06 bits per heavy atom. The summed E-state index contributed by atoms with van der Waals surface area (Å²) in [5.74, 6) is -4.48. The summed E-state index contributed by atoms with van der Waals surface area (Å²) in [6.07, 6.45) is -5.02. The molecule has 2 atom stereocenters. The van der Waals surface area contributed by atoms with Crippen LogP contribution in [0.1, 0.15) is 33.6 Å². The number of esters is 2. The minimum absolute atomic E-state index is 0.000575. The van der Waals surface area contributed by atoms with Crippen LogP contribution in [0.25, 0.3) is 0 Å². The van der Waals surface area contributed by atoms with Crippen molar-refractivity contribution in [3.63, 3.8) is 0 Å². The molecular formula is C22H21F3N2O6. The maximum Gasteiger partial charge on any atom is 0.491 e. The number of halogens is 3. The molecule has 3 rings (SSSR count). The molecule has 176 valence electrons. The molecule has 11 heteroatoms. The van der Waals surface area contributed by atoms with Gasteiger partial charge in [0.15, 0.2) is 0 Å². The Balaban J connectivity index is 1.74. The number of carbonyl (C=O) groups is 3. The van der Waals surface area contributed by atoms with Crippen LogP contribution in [0.3, 0.4) is 0 Å². The zero-order valence-electron chi connectivity index (χ0n) is 17.2. The number of aromatic hydroxyl groups is 1. The van der Waals surface area contributed by atoms with E-state index in [1.165, 1.54) is 42.5 Å². The van der Waals surface area contributed by atoms with Gasteiger partial charge in [-0.3, -0.25) is 4.79 Å². The summed E-state index contributed by atoms with van der Waals surface area (Å²) in [7, 11) is 0. The zero-order chi connectivity index (χ0) is 24.0. The van der Waals surface area contributed by atoms with E-state index in [4.69, 9.17) is 4.74 Å². The molecule has 1 saturated heterocycles. The van der Waals surface area contributed by atoms with Crippen LogP contribution in [-0.4, -0.2) is 54.4 Å². The molecule has 0 saturated carbocycles. The van der Waals surface area contributed by atoms with Gasteiger partial charge in [0, 0.05) is 12.1 Å². The summed E-state index contributed by atoms with van der Waals surface area (Å²) in [6.45, 7) is 0.895. The third-order valence-electron chi connectivity index (χ3n) is 4.90. The van der Waals surface area contributed by atoms with E-state index in [2.05, 4.69) is 15.4 Å². The number of hydrogen-bond donors (Lipinski definition) is 3. The van der Waals surface area contributed by atoms with Crippen molar-refractivity contribution in [2.75, 3.05) is 13.1 Å². The lowest BCUT2D eigenvalue weighted by molar-refractivity contribution is -0.189. The predicted molar refractivity (Wildman–Crippen MR) is 109 cm³/mol. The number of phenols is 1. The molecule has 8 nitrogen and oxygen atoms in total. The first-order chi connectivity index (χ1) is 15.6. The van der Waals surface area contributed by atoms with Crippen molar-refractivity contribution in [3.05, 3.63) is 59.7 Å². The summed E-state index contributed by atoms with van der Waals surface area (Å²) in [6, 6.07) is 9.88. The number of rotatable bonds is 5. The van der Waals surface area contributed by atoms with Crippen LogP contribution in [0.4, 0.5) is 13.2 Å². The van der Waals surface area contributed by atoms with E-state index < -0.39 is 41.9 Å². The first-order valence-electron chi connectivity index (χ1n) is 10.0. The Morgan fingerprint density at radius 3 is 2.45 bits per heavy atom. The highest BCUT2D eigenvalue weighted by Gasteiger charge is 2.42. The Morgan fingerprint density at radius 2 is 1.76 bits per heavy atom. The number of alkyl halides is 3. The smallest absolute Gasteiger partial charge is 0.491 e. The molecule has 1 fully saturated rings. The lowest BCUT2D eigenvalue weighted by atomic mass is 10.1. The van der Waals surface area contributed by atoms with Gasteiger partial charge in [-0.05, 0) is 55.8 Å². The largest absolute Gasteiger partial charge is 0.508 e. The van der Waals surface area contributed by atoms with Gasteiger partial charge in [0.25, 0.3) is 5.91 Å². The highest BCUT2D eigenvalue weighted by atomic mass is 19.4. The van der Waals surface area contributed by atoms with E-state index in [0.717, 1.165) is 6.07 Å². The molecule has 0 bridgehead atoms. The number of benzene rings is 2. The number of amides is 1. The molecule has 1 heterocycles. The SMILES string of the molecule is O=C(N[C@@H]1CNCCC[C@H]1OC(=O)c1ccccc1OC(=O)C(F)(F)F)c1ccc(O)cc1. The summed E-state index contributed by atoms with van der Waals surface area (Å²) < 4.78 is 47.6. The van der Waals surface area contributed by atoms with Gasteiger partial charge in [-0.15, -0.1) is 0 Å². The van der Waals surface area contributed by atoms with E-state index in [1.54, 1.807) is 0 Å². The fourth-order valence-corrected chi connectivity index (χ4v) is 3.25. The molecule has 1 aliphatic heterocycles. The van der Waals surface area contributed by atoms with Crippen LogP contribution in [-0.2, 0) is 9.53 Å². The Kier molecular flexibility index (Phi) is 7.54. The summed E-state index contributed by atoms with van der Waals surface area (Å²) in [5, 5.41) is 15.3. The highest BCUT2D eigenvalue weighted by Crippen LogP contribution is 2.25. The third-order valence-corrected chi connectivity index (χ3v) is 4.90. The average molecular weight is 466 g/mol. The fourth-order valence-electron chi connectivity index (χ4n) is 3.25. The van der Waals surface area contributed by atoms with Gasteiger partial charge in [-0.1, -0.05) is 12.1 Å². The summed E-state index contributed by atoms with van der Waals surface area (Å²) in [5.41, 5.74) is -0.0672. The van der Waals surface area contributed by atoms with Crippen molar-refractivity contribution in [1.29, 1.82) is 0 Å². The lowest BCUT2D eigenvalue weighted by Crippen LogP contribution is -2.49. The monoisotopic (exact) mass is 466 g/mol. The second-order valence-corrected chi connectivity index (χ2v) is 7.30. The molecule has 1 aliphatic rings. The fraction of sp³-hybridized carbons (Fsp3) is 0.318. The van der Waals surface area contributed by atoms with Crippen LogP contribution in [0.5, 0.6) is 11.5 Å². The first kappa shape index (κ1) is 24.1. The second-order valence-electron chi connectivity index (χ2n) is 7.30. The topological polar surface area (TPSA) is 114 Å². The van der Waals surface area contributed by atoms with Crippen LogP contribution >= 0.6 is 0 Å². The van der Waals surface area contributed by atoms with E-state index >= 15 is 0 Å². The molecule has 0 aliphatic carbocycles. The van der Waals surface area contributed by atoms with Crippen LogP contribution in [0.2, 0.25) is 0 Å². The van der Waals surface area contributed by atoms with Crippen molar-refractivity contribution in [2.24, 2.45) is 0 Å². The number of nitrogens with one attached hydrogen (secondary N) is 2. The van der Waals surface area contributed by atoms with E-state index in [0.29, 0.717) is 19.4 Å². The lowest BCUT2D eigenvalue weighted by Gasteiger charge is -2.26. The molecular weight excluding hydrogens is 445 g/mol. The number of ether oxygens (including phenoxy) is 2. The molecule has 0 unspecified atom stereocenters. The van der Waals surface area contributed by atoms with Crippen molar-refractivity contribution >= 4 is 17.8 Å². The zero-order valence-corrected chi connectivity index (χ0v) is 17.2. The number of carbonyl (C=O) groups excluding carboxylic acids is 3. The van der Waals surface area contributed by atoms with Crippen molar-refractivity contribution in [1.82, 2.24) is 10.6 Å². The molecule has 0 radical (unpaired) electrons. The Labute approximate surface area is 186 Å². The summed E-state index contributed by atoms with van der Waals surface area (Å²) in [4.78, 5) is 36.5. The summed E-state index contributed by atoms with van der Waals surface area (Å²) >= 11 is 0. The Hall–Kier alpha value is -3.60. The van der Waals surface area contributed by atoms with Gasteiger partial charge in [0.2, 0.25) is 0 Å². The van der Waals surface area contributed by atoms with Gasteiger partial charge < -0.3 is 25.2 Å². The molecule has 3 N–H and O–H groups in total. The van der Waals surface area contributed by atoms with Crippen LogP contribution in [0, 0.1) is 0 Å². The van der Waals surface area contributed by atoms with Crippen LogP contribution < -0.4 is 15.4 Å². The van der Waals surface area contributed by atoms with Crippen LogP contribution in [0.15, 0.2) is 48.5 Å². The molecule has 2 aromatic rings.